The summed E-state index contributed by atoms with van der Waals surface area (Å²) in [4.78, 5) is 24.1. The molecule has 0 saturated carbocycles. The predicted octanol–water partition coefficient (Wildman–Crippen LogP) is 5.08. The lowest BCUT2D eigenvalue weighted by Gasteiger charge is -2.06. The van der Waals surface area contributed by atoms with E-state index in [9.17, 15) is 4.79 Å². The lowest BCUT2D eigenvalue weighted by atomic mass is 10.2. The van der Waals surface area contributed by atoms with Crippen LogP contribution in [0.1, 0.15) is 22.8 Å². The second kappa shape index (κ2) is 7.06. The number of halogens is 1. The number of thiophene rings is 1. The molecule has 0 saturated heterocycles. The normalized spacial score (nSPS) is 13.4. The van der Waals surface area contributed by atoms with E-state index in [2.05, 4.69) is 4.98 Å². The zero-order valence-corrected chi connectivity index (χ0v) is 17.5. The molecule has 5 rings (SSSR count). The standard InChI is InChI=1S/C20H16ClN3O2S2/c1-24-19(25)17-13-6-3-7-15(13)28-18(17)23-20(24)27-10-16-22-9-14(26-16)11-4-2-5-12(21)8-11/h2,4-5,8-9H,3,6-7,10H2,1H3. The highest BCUT2D eigenvalue weighted by Crippen LogP contribution is 2.35. The van der Waals surface area contributed by atoms with Gasteiger partial charge in [0.25, 0.3) is 5.56 Å². The number of benzene rings is 1. The van der Waals surface area contributed by atoms with Crippen LogP contribution in [0.25, 0.3) is 21.5 Å². The SMILES string of the molecule is Cn1c(SCc2ncc(-c3cccc(Cl)c3)o2)nc2sc3c(c2c1=O)CCC3. The van der Waals surface area contributed by atoms with Gasteiger partial charge in [-0.1, -0.05) is 35.5 Å². The van der Waals surface area contributed by atoms with Crippen molar-refractivity contribution in [3.05, 3.63) is 62.2 Å². The number of thioether (sulfide) groups is 1. The third kappa shape index (κ3) is 3.07. The highest BCUT2D eigenvalue weighted by atomic mass is 35.5. The maximum absolute atomic E-state index is 12.9. The summed E-state index contributed by atoms with van der Waals surface area (Å²) < 4.78 is 7.49. The molecule has 0 radical (unpaired) electrons. The molecule has 1 aliphatic rings. The van der Waals surface area contributed by atoms with Crippen LogP contribution in [0, 0.1) is 0 Å². The molecule has 142 valence electrons. The molecule has 0 atom stereocenters. The minimum absolute atomic E-state index is 0.0407. The van der Waals surface area contributed by atoms with Crippen LogP contribution in [0.2, 0.25) is 5.02 Å². The Kier molecular flexibility index (Phi) is 4.53. The molecule has 1 aliphatic carbocycles. The summed E-state index contributed by atoms with van der Waals surface area (Å²) in [6.45, 7) is 0. The van der Waals surface area contributed by atoms with Crippen LogP contribution in [0.4, 0.5) is 0 Å². The average molecular weight is 430 g/mol. The number of fused-ring (bicyclic) bond motifs is 3. The first-order valence-corrected chi connectivity index (χ1v) is 11.1. The fourth-order valence-electron chi connectivity index (χ4n) is 3.51. The van der Waals surface area contributed by atoms with Crippen molar-refractivity contribution in [2.75, 3.05) is 0 Å². The molecule has 3 heterocycles. The molecule has 28 heavy (non-hydrogen) atoms. The highest BCUT2D eigenvalue weighted by molar-refractivity contribution is 7.98. The minimum atomic E-state index is 0.0407. The van der Waals surface area contributed by atoms with E-state index in [0.29, 0.717) is 27.6 Å². The van der Waals surface area contributed by atoms with Gasteiger partial charge >= 0.3 is 0 Å². The molecule has 5 nitrogen and oxygen atoms in total. The zero-order chi connectivity index (χ0) is 19.3. The Morgan fingerprint density at radius 3 is 3.11 bits per heavy atom. The summed E-state index contributed by atoms with van der Waals surface area (Å²) in [5.74, 6) is 1.75. The van der Waals surface area contributed by atoms with Crippen molar-refractivity contribution in [3.63, 3.8) is 0 Å². The molecular weight excluding hydrogens is 414 g/mol. The molecule has 0 bridgehead atoms. The molecule has 1 aromatic carbocycles. The maximum Gasteiger partial charge on any atom is 0.262 e. The summed E-state index contributed by atoms with van der Waals surface area (Å²) in [5, 5.41) is 2.14. The third-order valence-electron chi connectivity index (χ3n) is 4.89. The molecule has 3 aromatic heterocycles. The summed E-state index contributed by atoms with van der Waals surface area (Å²) in [5.41, 5.74) is 2.14. The van der Waals surface area contributed by atoms with Gasteiger partial charge in [-0.25, -0.2) is 9.97 Å². The Labute approximate surface area is 174 Å². The second-order valence-corrected chi connectivity index (χ2v) is 9.18. The van der Waals surface area contributed by atoms with Gasteiger partial charge in [0.15, 0.2) is 10.9 Å². The summed E-state index contributed by atoms with van der Waals surface area (Å²) >= 11 is 9.16. The Hall–Kier alpha value is -2.09. The molecule has 0 N–H and O–H groups in total. The van der Waals surface area contributed by atoms with Crippen molar-refractivity contribution >= 4 is 44.9 Å². The Morgan fingerprint density at radius 2 is 2.25 bits per heavy atom. The average Bonchev–Trinajstić information content (AvgIpc) is 3.39. The van der Waals surface area contributed by atoms with Gasteiger partial charge in [0.05, 0.1) is 17.3 Å². The lowest BCUT2D eigenvalue weighted by molar-refractivity contribution is 0.529. The number of aromatic nitrogens is 3. The number of aryl methyl sites for hydroxylation is 2. The van der Waals surface area contributed by atoms with Crippen LogP contribution in [0.3, 0.4) is 0 Å². The largest absolute Gasteiger partial charge is 0.440 e. The molecule has 0 amide bonds. The van der Waals surface area contributed by atoms with Gasteiger partial charge in [-0.3, -0.25) is 9.36 Å². The van der Waals surface area contributed by atoms with Gasteiger partial charge in [0.1, 0.15) is 4.83 Å². The fraction of sp³-hybridized carbons (Fsp3) is 0.250. The first kappa shape index (κ1) is 18.0. The van der Waals surface area contributed by atoms with E-state index >= 15 is 0 Å². The minimum Gasteiger partial charge on any atom is -0.440 e. The Bertz CT molecular complexity index is 1260. The van der Waals surface area contributed by atoms with Crippen LogP contribution in [-0.4, -0.2) is 14.5 Å². The van der Waals surface area contributed by atoms with Crippen LogP contribution in [0.15, 0.2) is 44.8 Å². The van der Waals surface area contributed by atoms with E-state index in [0.717, 1.165) is 35.0 Å². The lowest BCUT2D eigenvalue weighted by Crippen LogP contribution is -2.20. The molecule has 4 aromatic rings. The van der Waals surface area contributed by atoms with Crippen molar-refractivity contribution < 1.29 is 4.42 Å². The quantitative estimate of drug-likeness (QED) is 0.334. The van der Waals surface area contributed by atoms with Crippen LogP contribution in [-0.2, 0) is 25.6 Å². The van der Waals surface area contributed by atoms with Gasteiger partial charge < -0.3 is 4.42 Å². The van der Waals surface area contributed by atoms with Crippen molar-refractivity contribution in [2.24, 2.45) is 7.05 Å². The fourth-order valence-corrected chi connectivity index (χ4v) is 5.83. The first-order chi connectivity index (χ1) is 13.6. The van der Waals surface area contributed by atoms with Gasteiger partial charge in [-0.15, -0.1) is 11.3 Å². The van der Waals surface area contributed by atoms with E-state index in [1.807, 2.05) is 24.3 Å². The van der Waals surface area contributed by atoms with Crippen LogP contribution in [0.5, 0.6) is 0 Å². The van der Waals surface area contributed by atoms with E-state index in [1.165, 1.54) is 22.2 Å². The van der Waals surface area contributed by atoms with E-state index in [-0.39, 0.29) is 5.56 Å². The van der Waals surface area contributed by atoms with Gasteiger partial charge in [-0.2, -0.15) is 0 Å². The number of rotatable bonds is 4. The Balaban J connectivity index is 1.41. The van der Waals surface area contributed by atoms with Crippen molar-refractivity contribution in [2.45, 2.75) is 30.2 Å². The third-order valence-corrected chi connectivity index (χ3v) is 7.33. The molecule has 0 fully saturated rings. The van der Waals surface area contributed by atoms with E-state index in [1.54, 1.807) is 29.1 Å². The predicted molar refractivity (Wildman–Crippen MR) is 113 cm³/mol. The van der Waals surface area contributed by atoms with Crippen LogP contribution >= 0.6 is 34.7 Å². The molecule has 0 aliphatic heterocycles. The number of oxazole rings is 1. The molecule has 0 spiro atoms. The van der Waals surface area contributed by atoms with Crippen molar-refractivity contribution in [1.29, 1.82) is 0 Å². The molecular formula is C20H16ClN3O2S2. The number of nitrogens with zero attached hydrogens (tertiary/aromatic N) is 3. The monoisotopic (exact) mass is 429 g/mol. The van der Waals surface area contributed by atoms with Crippen molar-refractivity contribution in [3.8, 4) is 11.3 Å². The van der Waals surface area contributed by atoms with E-state index in [4.69, 9.17) is 21.0 Å². The second-order valence-electron chi connectivity index (χ2n) is 6.71. The highest BCUT2D eigenvalue weighted by Gasteiger charge is 2.22. The zero-order valence-electron chi connectivity index (χ0n) is 15.1. The topological polar surface area (TPSA) is 60.9 Å². The van der Waals surface area contributed by atoms with Gasteiger partial charge in [0, 0.05) is 22.5 Å². The smallest absolute Gasteiger partial charge is 0.262 e. The van der Waals surface area contributed by atoms with Gasteiger partial charge in [-0.05, 0) is 37.0 Å². The van der Waals surface area contributed by atoms with Crippen molar-refractivity contribution in [1.82, 2.24) is 14.5 Å². The van der Waals surface area contributed by atoms with Crippen LogP contribution < -0.4 is 5.56 Å². The van der Waals surface area contributed by atoms with E-state index < -0.39 is 0 Å². The van der Waals surface area contributed by atoms with Gasteiger partial charge in [0.2, 0.25) is 5.89 Å². The number of hydrogen-bond acceptors (Lipinski definition) is 6. The Morgan fingerprint density at radius 1 is 1.36 bits per heavy atom. The maximum atomic E-state index is 12.9. The summed E-state index contributed by atoms with van der Waals surface area (Å²) in [7, 11) is 1.78. The number of hydrogen-bond donors (Lipinski definition) is 0. The summed E-state index contributed by atoms with van der Waals surface area (Å²) in [6.07, 6.45) is 4.88. The molecule has 0 unspecified atom stereocenters. The summed E-state index contributed by atoms with van der Waals surface area (Å²) in [6, 6.07) is 7.47. The molecule has 8 heteroatoms. The first-order valence-electron chi connectivity index (χ1n) is 8.95.